The van der Waals surface area contributed by atoms with Crippen molar-refractivity contribution in [2.75, 3.05) is 20.2 Å². The number of methoxy groups -OCH3 is 1. The van der Waals surface area contributed by atoms with E-state index >= 15 is 0 Å². The quantitative estimate of drug-likeness (QED) is 0.383. The number of amidine groups is 1. The molecule has 0 aliphatic carbocycles. The maximum atomic E-state index is 11.3. The van der Waals surface area contributed by atoms with Gasteiger partial charge in [0.25, 0.3) is 6.02 Å². The molecule has 0 saturated carbocycles. The topological polar surface area (TPSA) is 76.7 Å². The average Bonchev–Trinajstić information content (AvgIpc) is 2.26. The standard InChI is InChI=1S/C12H25N3O2/c1-10(2)9-11(16)14-7-5-4-6-8-15-12(13)17-3/h10H,4-9H2,1-3H3,(H2,13,15)(H,14,16). The van der Waals surface area contributed by atoms with Crippen molar-refractivity contribution in [1.29, 1.82) is 0 Å². The molecule has 0 aliphatic rings. The summed E-state index contributed by atoms with van der Waals surface area (Å²) in [6.07, 6.45) is 3.58. The van der Waals surface area contributed by atoms with Crippen LogP contribution in [0.4, 0.5) is 0 Å². The van der Waals surface area contributed by atoms with Gasteiger partial charge in [-0.3, -0.25) is 4.79 Å². The van der Waals surface area contributed by atoms with Crippen LogP contribution in [0.3, 0.4) is 0 Å². The zero-order valence-corrected chi connectivity index (χ0v) is 11.2. The van der Waals surface area contributed by atoms with Crippen molar-refractivity contribution in [3.8, 4) is 0 Å². The summed E-state index contributed by atoms with van der Waals surface area (Å²) in [5.41, 5.74) is 5.37. The van der Waals surface area contributed by atoms with Gasteiger partial charge in [-0.25, -0.2) is 4.99 Å². The Morgan fingerprint density at radius 2 is 2.06 bits per heavy atom. The van der Waals surface area contributed by atoms with Crippen LogP contribution in [0.5, 0.6) is 0 Å². The van der Waals surface area contributed by atoms with Gasteiger partial charge in [0, 0.05) is 19.5 Å². The van der Waals surface area contributed by atoms with Crippen LogP contribution < -0.4 is 11.1 Å². The molecule has 0 unspecified atom stereocenters. The molecular weight excluding hydrogens is 218 g/mol. The molecule has 0 aromatic rings. The third-order valence-electron chi connectivity index (χ3n) is 2.23. The van der Waals surface area contributed by atoms with Gasteiger partial charge in [-0.15, -0.1) is 0 Å². The molecule has 17 heavy (non-hydrogen) atoms. The smallest absolute Gasteiger partial charge is 0.281 e. The van der Waals surface area contributed by atoms with Gasteiger partial charge in [-0.1, -0.05) is 13.8 Å². The van der Waals surface area contributed by atoms with Gasteiger partial charge in [0.05, 0.1) is 7.11 Å². The van der Waals surface area contributed by atoms with E-state index in [9.17, 15) is 4.79 Å². The minimum atomic E-state index is 0.140. The molecule has 0 rings (SSSR count). The second-order valence-corrected chi connectivity index (χ2v) is 4.43. The summed E-state index contributed by atoms with van der Waals surface area (Å²) in [6.45, 7) is 5.50. The van der Waals surface area contributed by atoms with Crippen LogP contribution in [0.25, 0.3) is 0 Å². The molecule has 0 fully saturated rings. The van der Waals surface area contributed by atoms with Gasteiger partial charge in [-0.05, 0) is 25.2 Å². The number of hydrogen-bond acceptors (Lipinski definition) is 3. The number of carbonyl (C=O) groups excluding carboxylic acids is 1. The number of aliphatic imine (C=N–C) groups is 1. The predicted octanol–water partition coefficient (Wildman–Crippen LogP) is 1.28. The third-order valence-corrected chi connectivity index (χ3v) is 2.23. The predicted molar refractivity (Wildman–Crippen MR) is 69.8 cm³/mol. The van der Waals surface area contributed by atoms with E-state index in [1.165, 1.54) is 7.11 Å². The lowest BCUT2D eigenvalue weighted by molar-refractivity contribution is -0.121. The highest BCUT2D eigenvalue weighted by molar-refractivity contribution is 5.75. The maximum Gasteiger partial charge on any atom is 0.281 e. The molecule has 100 valence electrons. The molecule has 0 atom stereocenters. The lowest BCUT2D eigenvalue weighted by Crippen LogP contribution is -2.25. The Hall–Kier alpha value is -1.26. The molecule has 5 heteroatoms. The molecule has 1 amide bonds. The van der Waals surface area contributed by atoms with E-state index in [4.69, 9.17) is 10.5 Å². The zero-order chi connectivity index (χ0) is 13.1. The summed E-state index contributed by atoms with van der Waals surface area (Å²) in [6, 6.07) is 0.232. The molecule has 0 spiro atoms. The minimum Gasteiger partial charge on any atom is -0.469 e. The first-order valence-electron chi connectivity index (χ1n) is 6.17. The minimum absolute atomic E-state index is 0.140. The molecule has 0 aliphatic heterocycles. The van der Waals surface area contributed by atoms with E-state index in [2.05, 4.69) is 10.3 Å². The van der Waals surface area contributed by atoms with E-state index < -0.39 is 0 Å². The van der Waals surface area contributed by atoms with Crippen LogP contribution in [-0.4, -0.2) is 32.1 Å². The van der Waals surface area contributed by atoms with Crippen LogP contribution in [0.15, 0.2) is 4.99 Å². The van der Waals surface area contributed by atoms with Gasteiger partial charge in [0.2, 0.25) is 5.91 Å². The molecule has 0 bridgehead atoms. The molecular formula is C12H25N3O2. The number of nitrogens with one attached hydrogen (secondary N) is 1. The first-order chi connectivity index (χ1) is 8.06. The molecule has 0 saturated heterocycles. The summed E-state index contributed by atoms with van der Waals surface area (Å²) in [4.78, 5) is 15.3. The van der Waals surface area contributed by atoms with Gasteiger partial charge < -0.3 is 15.8 Å². The van der Waals surface area contributed by atoms with Crippen molar-refractivity contribution in [2.45, 2.75) is 39.5 Å². The van der Waals surface area contributed by atoms with Crippen LogP contribution in [0, 0.1) is 5.92 Å². The van der Waals surface area contributed by atoms with Crippen molar-refractivity contribution in [2.24, 2.45) is 16.6 Å². The van der Waals surface area contributed by atoms with Gasteiger partial charge >= 0.3 is 0 Å². The second kappa shape index (κ2) is 9.93. The fourth-order valence-corrected chi connectivity index (χ4v) is 1.34. The van der Waals surface area contributed by atoms with E-state index in [1.807, 2.05) is 13.8 Å². The monoisotopic (exact) mass is 243 g/mol. The Bertz CT molecular complexity index is 240. The number of unbranched alkanes of at least 4 members (excludes halogenated alkanes) is 2. The van der Waals surface area contributed by atoms with Crippen molar-refractivity contribution in [3.63, 3.8) is 0 Å². The molecule has 5 nitrogen and oxygen atoms in total. The van der Waals surface area contributed by atoms with E-state index in [0.717, 1.165) is 25.8 Å². The molecule has 3 N–H and O–H groups in total. The van der Waals surface area contributed by atoms with Crippen molar-refractivity contribution in [1.82, 2.24) is 5.32 Å². The summed E-state index contributed by atoms with van der Waals surface area (Å²) in [5, 5.41) is 2.90. The van der Waals surface area contributed by atoms with Crippen molar-refractivity contribution < 1.29 is 9.53 Å². The highest BCUT2D eigenvalue weighted by Crippen LogP contribution is 1.99. The summed E-state index contributed by atoms with van der Waals surface area (Å²) in [7, 11) is 1.50. The van der Waals surface area contributed by atoms with Gasteiger partial charge in [0.1, 0.15) is 0 Å². The van der Waals surface area contributed by atoms with Crippen molar-refractivity contribution in [3.05, 3.63) is 0 Å². The Balaban J connectivity index is 3.32. The van der Waals surface area contributed by atoms with Crippen LogP contribution in [0.2, 0.25) is 0 Å². The first-order valence-corrected chi connectivity index (χ1v) is 6.17. The van der Waals surface area contributed by atoms with E-state index in [0.29, 0.717) is 18.9 Å². The van der Waals surface area contributed by atoms with Gasteiger partial charge in [0.15, 0.2) is 0 Å². The Kier molecular flexibility index (Phi) is 9.19. The number of nitrogens with zero attached hydrogens (tertiary/aromatic N) is 1. The summed E-state index contributed by atoms with van der Waals surface area (Å²) >= 11 is 0. The van der Waals surface area contributed by atoms with Gasteiger partial charge in [-0.2, -0.15) is 0 Å². The Morgan fingerprint density at radius 3 is 2.65 bits per heavy atom. The lowest BCUT2D eigenvalue weighted by atomic mass is 10.1. The van der Waals surface area contributed by atoms with E-state index in [-0.39, 0.29) is 11.9 Å². The molecule has 0 aromatic carbocycles. The Morgan fingerprint density at radius 1 is 1.35 bits per heavy atom. The van der Waals surface area contributed by atoms with Crippen molar-refractivity contribution >= 4 is 11.9 Å². The SMILES string of the molecule is COC(N)=NCCCCCNC(=O)CC(C)C. The number of ether oxygens (including phenoxy) is 1. The van der Waals surface area contributed by atoms with E-state index in [1.54, 1.807) is 0 Å². The number of amides is 1. The third kappa shape index (κ3) is 11.0. The number of carbonyl (C=O) groups is 1. The van der Waals surface area contributed by atoms with Crippen LogP contribution in [-0.2, 0) is 9.53 Å². The first kappa shape index (κ1) is 15.7. The summed E-state index contributed by atoms with van der Waals surface area (Å²) in [5.74, 6) is 0.558. The summed E-state index contributed by atoms with van der Waals surface area (Å²) < 4.78 is 4.72. The maximum absolute atomic E-state index is 11.3. The second-order valence-electron chi connectivity index (χ2n) is 4.43. The highest BCUT2D eigenvalue weighted by atomic mass is 16.5. The van der Waals surface area contributed by atoms with Crippen LogP contribution >= 0.6 is 0 Å². The zero-order valence-electron chi connectivity index (χ0n) is 11.2. The van der Waals surface area contributed by atoms with Crippen LogP contribution in [0.1, 0.15) is 39.5 Å². The molecule has 0 heterocycles. The Labute approximate surface area is 104 Å². The highest BCUT2D eigenvalue weighted by Gasteiger charge is 2.02. The molecule has 0 aromatic heterocycles. The lowest BCUT2D eigenvalue weighted by Gasteiger charge is -2.06. The number of rotatable bonds is 8. The fourth-order valence-electron chi connectivity index (χ4n) is 1.34. The number of hydrogen-bond donors (Lipinski definition) is 2. The fraction of sp³-hybridized carbons (Fsp3) is 0.833. The normalized spacial score (nSPS) is 11.6. The average molecular weight is 243 g/mol. The largest absolute Gasteiger partial charge is 0.469 e. The number of nitrogens with two attached hydrogens (primary N) is 1. The molecule has 0 radical (unpaired) electrons.